The fourth-order valence-corrected chi connectivity index (χ4v) is 4.12. The molecule has 1 saturated carbocycles. The minimum Gasteiger partial charge on any atom is -0.382 e. The first kappa shape index (κ1) is 19.7. The first-order valence-corrected chi connectivity index (χ1v) is 9.65. The summed E-state index contributed by atoms with van der Waals surface area (Å²) in [5.41, 5.74) is 14.1. The Morgan fingerprint density at radius 1 is 1.37 bits per heavy atom. The van der Waals surface area contributed by atoms with Crippen LogP contribution in [0.25, 0.3) is 22.4 Å². The Balaban J connectivity index is 2.00. The van der Waals surface area contributed by atoms with E-state index in [4.69, 9.17) is 16.9 Å². The number of pyridine rings is 1. The van der Waals surface area contributed by atoms with Gasteiger partial charge in [0, 0.05) is 6.04 Å². The van der Waals surface area contributed by atoms with E-state index in [9.17, 15) is 9.65 Å². The lowest BCUT2D eigenvalue weighted by molar-refractivity contribution is 0.262. The monoisotopic (exact) mass is 404 g/mol. The number of nitrogens with zero attached hydrogens (tertiary/aromatic N) is 5. The van der Waals surface area contributed by atoms with Crippen molar-refractivity contribution in [1.29, 1.82) is 10.7 Å². The largest absolute Gasteiger partial charge is 0.382 e. The molecule has 1 fully saturated rings. The Bertz CT molecular complexity index is 1180. The predicted molar refractivity (Wildman–Crippen MR) is 112 cm³/mol. The fraction of sp³-hybridized carbons (Fsp3) is 0.286. The molecule has 3 atom stereocenters. The Kier molecular flexibility index (Phi) is 5.25. The standard InChI is InChI=1S/C21H21FN8/c22-14-5-2-1-4-12(14)21-29-17-10-27-16(20(26)28-11-24)8-19(17)30(21)18-7-3-6-15(25)13(18)9-23/h1-2,4-5,8,10-11,13,15,18H,3,6-7,25H2,(H3,24,26,28). The van der Waals surface area contributed by atoms with Gasteiger partial charge in [0.2, 0.25) is 0 Å². The fourth-order valence-electron chi connectivity index (χ4n) is 4.12. The van der Waals surface area contributed by atoms with Crippen LogP contribution >= 0.6 is 0 Å². The Morgan fingerprint density at radius 3 is 2.90 bits per heavy atom. The first-order valence-electron chi connectivity index (χ1n) is 9.65. The average Bonchev–Trinajstić information content (AvgIpc) is 3.12. The van der Waals surface area contributed by atoms with E-state index in [0.717, 1.165) is 25.6 Å². The summed E-state index contributed by atoms with van der Waals surface area (Å²) in [6.45, 7) is 0. The zero-order valence-electron chi connectivity index (χ0n) is 16.2. The third kappa shape index (κ3) is 3.31. The van der Waals surface area contributed by atoms with E-state index >= 15 is 0 Å². The number of hydrogen-bond donors (Lipinski definition) is 3. The molecule has 2 heterocycles. The van der Waals surface area contributed by atoms with Gasteiger partial charge in [-0.05, 0) is 37.5 Å². The highest BCUT2D eigenvalue weighted by molar-refractivity contribution is 6.01. The molecule has 0 aliphatic heterocycles. The molecule has 1 aliphatic carbocycles. The summed E-state index contributed by atoms with van der Waals surface area (Å²) < 4.78 is 16.6. The van der Waals surface area contributed by atoms with Crippen molar-refractivity contribution in [1.82, 2.24) is 14.5 Å². The molecule has 8 nitrogen and oxygen atoms in total. The van der Waals surface area contributed by atoms with Crippen molar-refractivity contribution in [2.24, 2.45) is 22.4 Å². The van der Waals surface area contributed by atoms with E-state index in [1.807, 2.05) is 4.57 Å². The summed E-state index contributed by atoms with van der Waals surface area (Å²) in [5.74, 6) is -0.333. The SMILES string of the molecule is N#CC1C(N)CCCC1n1c(-c2ccccc2F)nc2cnc(C(N)=NC=N)cc21. The number of benzene rings is 1. The van der Waals surface area contributed by atoms with E-state index < -0.39 is 11.7 Å². The Hall–Kier alpha value is -3.64. The second-order valence-corrected chi connectivity index (χ2v) is 7.30. The molecule has 0 amide bonds. The van der Waals surface area contributed by atoms with Crippen molar-refractivity contribution in [2.75, 3.05) is 0 Å². The minimum absolute atomic E-state index is 0.0873. The second-order valence-electron chi connectivity index (χ2n) is 7.30. The van der Waals surface area contributed by atoms with Crippen LogP contribution in [0.4, 0.5) is 4.39 Å². The molecule has 4 rings (SSSR count). The van der Waals surface area contributed by atoms with Crippen molar-refractivity contribution in [3.05, 3.63) is 48.0 Å². The quantitative estimate of drug-likeness (QED) is 0.452. The molecule has 2 aromatic heterocycles. The number of nitriles is 1. The third-order valence-electron chi connectivity index (χ3n) is 5.55. The van der Waals surface area contributed by atoms with Gasteiger partial charge in [-0.3, -0.25) is 10.4 Å². The summed E-state index contributed by atoms with van der Waals surface area (Å²) in [7, 11) is 0. The maximum atomic E-state index is 14.7. The topological polar surface area (TPSA) is 143 Å². The molecule has 0 spiro atoms. The molecule has 9 heteroatoms. The normalized spacial score (nSPS) is 22.0. The highest BCUT2D eigenvalue weighted by Gasteiger charge is 2.35. The van der Waals surface area contributed by atoms with Crippen LogP contribution in [0.5, 0.6) is 0 Å². The second kappa shape index (κ2) is 8.00. The van der Waals surface area contributed by atoms with Gasteiger partial charge in [0.05, 0.1) is 35.3 Å². The maximum Gasteiger partial charge on any atom is 0.151 e. The number of fused-ring (bicyclic) bond motifs is 1. The molecule has 3 aromatic rings. The van der Waals surface area contributed by atoms with Crippen molar-refractivity contribution in [3.63, 3.8) is 0 Å². The van der Waals surface area contributed by atoms with Gasteiger partial charge in [0.1, 0.15) is 29.2 Å². The zero-order chi connectivity index (χ0) is 21.3. The highest BCUT2D eigenvalue weighted by atomic mass is 19.1. The van der Waals surface area contributed by atoms with Crippen LogP contribution in [0.15, 0.2) is 41.5 Å². The summed E-state index contributed by atoms with van der Waals surface area (Å²) >= 11 is 0. The average molecular weight is 404 g/mol. The van der Waals surface area contributed by atoms with Crippen molar-refractivity contribution < 1.29 is 4.39 Å². The molecule has 1 aliphatic rings. The van der Waals surface area contributed by atoms with Gasteiger partial charge in [-0.15, -0.1) is 0 Å². The number of amidine groups is 1. The molecule has 30 heavy (non-hydrogen) atoms. The number of aliphatic imine (C=N–C) groups is 1. The lowest BCUT2D eigenvalue weighted by atomic mass is 9.81. The van der Waals surface area contributed by atoms with Crippen LogP contribution in [0.3, 0.4) is 0 Å². The number of imidazole rings is 1. The van der Waals surface area contributed by atoms with Crippen LogP contribution in [0, 0.1) is 28.5 Å². The van der Waals surface area contributed by atoms with E-state index in [-0.39, 0.29) is 17.9 Å². The van der Waals surface area contributed by atoms with Gasteiger partial charge < -0.3 is 16.0 Å². The van der Waals surface area contributed by atoms with Crippen LogP contribution < -0.4 is 11.5 Å². The Morgan fingerprint density at radius 2 is 2.17 bits per heavy atom. The number of nitrogens with two attached hydrogens (primary N) is 2. The third-order valence-corrected chi connectivity index (χ3v) is 5.55. The molecule has 3 unspecified atom stereocenters. The molecule has 0 bridgehead atoms. The minimum atomic E-state index is -0.439. The number of aromatic nitrogens is 3. The van der Waals surface area contributed by atoms with Gasteiger partial charge in [-0.1, -0.05) is 12.1 Å². The molecule has 0 saturated heterocycles. The molecule has 1 aromatic carbocycles. The summed E-state index contributed by atoms with van der Waals surface area (Å²) in [6, 6.07) is 9.93. The summed E-state index contributed by atoms with van der Waals surface area (Å²) in [6.07, 6.45) is 4.73. The number of rotatable bonds is 4. The first-order chi connectivity index (χ1) is 14.5. The molecular formula is C21H21FN8. The summed E-state index contributed by atoms with van der Waals surface area (Å²) in [5, 5.41) is 16.9. The lowest BCUT2D eigenvalue weighted by Gasteiger charge is -2.34. The van der Waals surface area contributed by atoms with Crippen LogP contribution in [-0.2, 0) is 0 Å². The van der Waals surface area contributed by atoms with E-state index in [1.165, 1.54) is 6.07 Å². The zero-order valence-corrected chi connectivity index (χ0v) is 16.2. The van der Waals surface area contributed by atoms with E-state index in [0.29, 0.717) is 28.1 Å². The smallest absolute Gasteiger partial charge is 0.151 e. The number of hydrogen-bond acceptors (Lipinski definition) is 5. The van der Waals surface area contributed by atoms with Crippen LogP contribution in [0.1, 0.15) is 31.0 Å². The van der Waals surface area contributed by atoms with Gasteiger partial charge in [-0.25, -0.2) is 14.4 Å². The van der Waals surface area contributed by atoms with Gasteiger partial charge >= 0.3 is 0 Å². The van der Waals surface area contributed by atoms with Gasteiger partial charge in [-0.2, -0.15) is 5.26 Å². The molecule has 5 N–H and O–H groups in total. The molecular weight excluding hydrogens is 383 g/mol. The van der Waals surface area contributed by atoms with Crippen molar-refractivity contribution in [3.8, 4) is 17.5 Å². The number of nitrogens with one attached hydrogen (secondary N) is 1. The highest BCUT2D eigenvalue weighted by Crippen LogP contribution is 2.39. The summed E-state index contributed by atoms with van der Waals surface area (Å²) in [4.78, 5) is 12.7. The Labute approximate surface area is 172 Å². The van der Waals surface area contributed by atoms with E-state index in [1.54, 1.807) is 30.5 Å². The molecule has 0 radical (unpaired) electrons. The van der Waals surface area contributed by atoms with Crippen molar-refractivity contribution in [2.45, 2.75) is 31.3 Å². The predicted octanol–water partition coefficient (Wildman–Crippen LogP) is 2.74. The van der Waals surface area contributed by atoms with Crippen LogP contribution in [0.2, 0.25) is 0 Å². The van der Waals surface area contributed by atoms with Crippen LogP contribution in [-0.4, -0.2) is 32.8 Å². The van der Waals surface area contributed by atoms with Crippen molar-refractivity contribution >= 4 is 23.2 Å². The lowest BCUT2D eigenvalue weighted by Crippen LogP contribution is -2.39. The maximum absolute atomic E-state index is 14.7. The van der Waals surface area contributed by atoms with E-state index in [2.05, 4.69) is 21.0 Å². The molecule has 152 valence electrons. The van der Waals surface area contributed by atoms with Gasteiger partial charge in [0.25, 0.3) is 0 Å². The number of halogens is 1. The van der Waals surface area contributed by atoms with Gasteiger partial charge in [0.15, 0.2) is 5.84 Å².